The molecule has 0 saturated heterocycles. The fourth-order valence-electron chi connectivity index (χ4n) is 1.57. The van der Waals surface area contributed by atoms with Gasteiger partial charge in [-0.3, -0.25) is 9.59 Å². The van der Waals surface area contributed by atoms with Gasteiger partial charge < -0.3 is 15.0 Å². The Morgan fingerprint density at radius 1 is 1.47 bits per heavy atom. The highest BCUT2D eigenvalue weighted by molar-refractivity contribution is 9.10. The Morgan fingerprint density at radius 3 is 2.74 bits per heavy atom. The molecule has 0 radical (unpaired) electrons. The third-order valence-electron chi connectivity index (χ3n) is 2.47. The number of carboxylic acids is 1. The standard InChI is InChI=1S/C12H15BrN2O4/c1-2-3-9(12(18)19)14-10(16)7-15-6-8(13)4-5-11(15)17/h4-6,9H,2-3,7H2,1H3,(H,14,16)(H,18,19)/t9-/m1/s1. The van der Waals surface area contributed by atoms with Gasteiger partial charge >= 0.3 is 5.97 Å². The molecular formula is C12H15BrN2O4. The Kier molecular flexibility index (Phi) is 5.75. The average Bonchev–Trinajstić information content (AvgIpc) is 2.33. The summed E-state index contributed by atoms with van der Waals surface area (Å²) >= 11 is 3.20. The van der Waals surface area contributed by atoms with Gasteiger partial charge in [-0.2, -0.15) is 0 Å². The fraction of sp³-hybridized carbons (Fsp3) is 0.417. The molecule has 1 atom stereocenters. The molecular weight excluding hydrogens is 316 g/mol. The van der Waals surface area contributed by atoms with Crippen LogP contribution in [0.3, 0.4) is 0 Å². The van der Waals surface area contributed by atoms with Gasteiger partial charge in [-0.25, -0.2) is 4.79 Å². The van der Waals surface area contributed by atoms with Crippen molar-refractivity contribution in [3.8, 4) is 0 Å². The Bertz CT molecular complexity index is 527. The van der Waals surface area contributed by atoms with E-state index in [0.717, 1.165) is 0 Å². The molecule has 7 heteroatoms. The molecule has 19 heavy (non-hydrogen) atoms. The summed E-state index contributed by atoms with van der Waals surface area (Å²) in [5.74, 6) is -1.57. The minimum absolute atomic E-state index is 0.203. The van der Waals surface area contributed by atoms with Crippen molar-refractivity contribution in [3.63, 3.8) is 0 Å². The highest BCUT2D eigenvalue weighted by Gasteiger charge is 2.18. The lowest BCUT2D eigenvalue weighted by atomic mass is 10.1. The van der Waals surface area contributed by atoms with E-state index in [1.54, 1.807) is 6.07 Å². The smallest absolute Gasteiger partial charge is 0.326 e. The summed E-state index contributed by atoms with van der Waals surface area (Å²) in [6.07, 6.45) is 2.49. The number of aromatic nitrogens is 1. The molecule has 0 aliphatic rings. The Morgan fingerprint density at radius 2 is 2.16 bits per heavy atom. The molecule has 6 nitrogen and oxygen atoms in total. The second-order valence-electron chi connectivity index (χ2n) is 4.06. The summed E-state index contributed by atoms with van der Waals surface area (Å²) < 4.78 is 1.88. The summed E-state index contributed by atoms with van der Waals surface area (Å²) in [4.78, 5) is 34.1. The van der Waals surface area contributed by atoms with Gasteiger partial charge in [0.2, 0.25) is 5.91 Å². The monoisotopic (exact) mass is 330 g/mol. The Balaban J connectivity index is 2.71. The number of hydrogen-bond donors (Lipinski definition) is 2. The summed E-state index contributed by atoms with van der Waals surface area (Å²) in [6, 6.07) is 1.99. The number of carbonyl (C=O) groups excluding carboxylic acids is 1. The lowest BCUT2D eigenvalue weighted by Gasteiger charge is -2.14. The first-order valence-electron chi connectivity index (χ1n) is 5.82. The molecule has 0 aromatic carbocycles. The van der Waals surface area contributed by atoms with E-state index in [2.05, 4.69) is 21.2 Å². The van der Waals surface area contributed by atoms with Crippen LogP contribution in [0.5, 0.6) is 0 Å². The number of aliphatic carboxylic acids is 1. The topological polar surface area (TPSA) is 88.4 Å². The zero-order valence-electron chi connectivity index (χ0n) is 10.4. The van der Waals surface area contributed by atoms with E-state index in [0.29, 0.717) is 17.3 Å². The number of nitrogens with zero attached hydrogens (tertiary/aromatic N) is 1. The third kappa shape index (κ3) is 4.86. The van der Waals surface area contributed by atoms with E-state index >= 15 is 0 Å². The van der Waals surface area contributed by atoms with Crippen LogP contribution < -0.4 is 10.9 Å². The van der Waals surface area contributed by atoms with Crippen molar-refractivity contribution >= 4 is 27.8 Å². The highest BCUT2D eigenvalue weighted by Crippen LogP contribution is 2.04. The molecule has 1 aromatic heterocycles. The highest BCUT2D eigenvalue weighted by atomic mass is 79.9. The number of rotatable bonds is 6. The first-order chi connectivity index (χ1) is 8.93. The van der Waals surface area contributed by atoms with E-state index < -0.39 is 17.9 Å². The van der Waals surface area contributed by atoms with E-state index in [-0.39, 0.29) is 12.1 Å². The molecule has 0 fully saturated rings. The molecule has 1 aromatic rings. The number of hydrogen-bond acceptors (Lipinski definition) is 3. The lowest BCUT2D eigenvalue weighted by Crippen LogP contribution is -2.43. The summed E-state index contributed by atoms with van der Waals surface area (Å²) in [5, 5.41) is 11.3. The van der Waals surface area contributed by atoms with Gasteiger partial charge in [-0.15, -0.1) is 0 Å². The first kappa shape index (κ1) is 15.4. The van der Waals surface area contributed by atoms with E-state index in [9.17, 15) is 14.4 Å². The number of carbonyl (C=O) groups is 2. The van der Waals surface area contributed by atoms with Gasteiger partial charge in [0.15, 0.2) is 0 Å². The molecule has 0 aliphatic heterocycles. The Hall–Kier alpha value is -1.63. The second-order valence-corrected chi connectivity index (χ2v) is 4.98. The van der Waals surface area contributed by atoms with Crippen molar-refractivity contribution in [1.29, 1.82) is 0 Å². The van der Waals surface area contributed by atoms with E-state index in [1.807, 2.05) is 6.92 Å². The van der Waals surface area contributed by atoms with Crippen LogP contribution in [0, 0.1) is 0 Å². The molecule has 0 spiro atoms. The van der Waals surface area contributed by atoms with Crippen LogP contribution in [-0.4, -0.2) is 27.6 Å². The summed E-state index contributed by atoms with van der Waals surface area (Å²) in [7, 11) is 0. The zero-order chi connectivity index (χ0) is 14.4. The van der Waals surface area contributed by atoms with Crippen LogP contribution in [-0.2, 0) is 16.1 Å². The quantitative estimate of drug-likeness (QED) is 0.813. The summed E-state index contributed by atoms with van der Waals surface area (Å²) in [6.45, 7) is 1.63. The van der Waals surface area contributed by atoms with Crippen LogP contribution in [0.2, 0.25) is 0 Å². The zero-order valence-corrected chi connectivity index (χ0v) is 12.0. The fourth-order valence-corrected chi connectivity index (χ4v) is 1.95. The van der Waals surface area contributed by atoms with Crippen LogP contribution in [0.1, 0.15) is 19.8 Å². The maximum absolute atomic E-state index is 11.7. The molecule has 1 amide bonds. The van der Waals surface area contributed by atoms with Crippen molar-refractivity contribution in [1.82, 2.24) is 9.88 Å². The van der Waals surface area contributed by atoms with Gasteiger partial charge in [0.25, 0.3) is 5.56 Å². The van der Waals surface area contributed by atoms with Gasteiger partial charge in [-0.1, -0.05) is 13.3 Å². The minimum atomic E-state index is -1.07. The molecule has 1 rings (SSSR count). The Labute approximate surface area is 118 Å². The molecule has 0 saturated carbocycles. The summed E-state index contributed by atoms with van der Waals surface area (Å²) in [5.41, 5.74) is -0.319. The maximum Gasteiger partial charge on any atom is 0.326 e. The number of halogens is 1. The number of amides is 1. The number of nitrogens with one attached hydrogen (secondary N) is 1. The lowest BCUT2D eigenvalue weighted by molar-refractivity contribution is -0.142. The molecule has 1 heterocycles. The number of pyridine rings is 1. The van der Waals surface area contributed by atoms with Crippen molar-refractivity contribution in [2.75, 3.05) is 0 Å². The predicted molar refractivity (Wildman–Crippen MR) is 72.9 cm³/mol. The SMILES string of the molecule is CCC[C@@H](NC(=O)Cn1cc(Br)ccc1=O)C(=O)O. The molecule has 0 aliphatic carbocycles. The van der Waals surface area contributed by atoms with Gasteiger partial charge in [-0.05, 0) is 28.4 Å². The van der Waals surface area contributed by atoms with Gasteiger partial charge in [0, 0.05) is 16.7 Å². The maximum atomic E-state index is 11.7. The van der Waals surface area contributed by atoms with Crippen LogP contribution in [0.15, 0.2) is 27.6 Å². The average molecular weight is 331 g/mol. The van der Waals surface area contributed by atoms with Crippen molar-refractivity contribution < 1.29 is 14.7 Å². The molecule has 0 bridgehead atoms. The van der Waals surface area contributed by atoms with E-state index in [1.165, 1.54) is 16.8 Å². The molecule has 104 valence electrons. The van der Waals surface area contributed by atoms with Crippen LogP contribution >= 0.6 is 15.9 Å². The van der Waals surface area contributed by atoms with Crippen molar-refractivity contribution in [3.05, 3.63) is 33.2 Å². The molecule has 2 N–H and O–H groups in total. The normalized spacial score (nSPS) is 11.9. The second kappa shape index (κ2) is 7.08. The van der Waals surface area contributed by atoms with Crippen LogP contribution in [0.4, 0.5) is 0 Å². The van der Waals surface area contributed by atoms with Gasteiger partial charge in [0.1, 0.15) is 12.6 Å². The van der Waals surface area contributed by atoms with Crippen LogP contribution in [0.25, 0.3) is 0 Å². The largest absolute Gasteiger partial charge is 0.480 e. The predicted octanol–water partition coefficient (Wildman–Crippen LogP) is 0.980. The van der Waals surface area contributed by atoms with E-state index in [4.69, 9.17) is 5.11 Å². The van der Waals surface area contributed by atoms with Gasteiger partial charge in [0.05, 0.1) is 0 Å². The first-order valence-corrected chi connectivity index (χ1v) is 6.61. The number of carboxylic acid groups (broad SMARTS) is 1. The van der Waals surface area contributed by atoms with Crippen molar-refractivity contribution in [2.45, 2.75) is 32.4 Å². The van der Waals surface area contributed by atoms with Crippen molar-refractivity contribution in [2.24, 2.45) is 0 Å². The molecule has 0 unspecified atom stereocenters. The minimum Gasteiger partial charge on any atom is -0.480 e. The third-order valence-corrected chi connectivity index (χ3v) is 2.94.